The molecular formula is C18H22FN3O5S. The van der Waals surface area contributed by atoms with E-state index in [0.717, 1.165) is 5.01 Å². The molecule has 0 unspecified atom stereocenters. The standard InChI is InChI=1S/C18H22FN3O5S/c1-21(9-10-27-16-5-3-2-4-14(16)19)18(24)15-6-7-17(23)22(20-15)13-8-11-28(25,26)12-13/h2-5,13H,6-12H2,1H3/t13-/m1/s1. The molecule has 3 rings (SSSR count). The first-order valence-corrected chi connectivity index (χ1v) is 10.8. The molecule has 2 aliphatic heterocycles. The average molecular weight is 411 g/mol. The summed E-state index contributed by atoms with van der Waals surface area (Å²) >= 11 is 0. The van der Waals surface area contributed by atoms with Crippen molar-refractivity contribution in [1.82, 2.24) is 9.91 Å². The minimum Gasteiger partial charge on any atom is -0.489 e. The molecule has 0 aliphatic carbocycles. The van der Waals surface area contributed by atoms with Gasteiger partial charge in [-0.1, -0.05) is 12.1 Å². The van der Waals surface area contributed by atoms with Crippen LogP contribution in [0.1, 0.15) is 19.3 Å². The molecule has 10 heteroatoms. The molecular weight excluding hydrogens is 389 g/mol. The fourth-order valence-corrected chi connectivity index (χ4v) is 4.85. The number of benzene rings is 1. The number of carbonyl (C=O) groups excluding carboxylic acids is 2. The van der Waals surface area contributed by atoms with Gasteiger partial charge in [0, 0.05) is 19.9 Å². The van der Waals surface area contributed by atoms with Gasteiger partial charge in [-0.05, 0) is 18.6 Å². The smallest absolute Gasteiger partial charge is 0.269 e. The monoisotopic (exact) mass is 411 g/mol. The maximum absolute atomic E-state index is 13.5. The SMILES string of the molecule is CN(CCOc1ccccc1F)C(=O)C1=NN([C@@H]2CCS(=O)(=O)C2)C(=O)CC1. The van der Waals surface area contributed by atoms with Gasteiger partial charge in [0.05, 0.1) is 24.1 Å². The first-order chi connectivity index (χ1) is 13.3. The van der Waals surface area contributed by atoms with Crippen molar-refractivity contribution in [2.75, 3.05) is 31.7 Å². The number of rotatable bonds is 6. The fraction of sp³-hybridized carbons (Fsp3) is 0.500. The summed E-state index contributed by atoms with van der Waals surface area (Å²) in [6, 6.07) is 5.48. The first kappa shape index (κ1) is 20.2. The van der Waals surface area contributed by atoms with Crippen molar-refractivity contribution in [1.29, 1.82) is 0 Å². The van der Waals surface area contributed by atoms with E-state index in [-0.39, 0.29) is 60.8 Å². The second-order valence-corrected chi connectivity index (χ2v) is 9.08. The van der Waals surface area contributed by atoms with E-state index < -0.39 is 21.7 Å². The van der Waals surface area contributed by atoms with E-state index in [1.54, 1.807) is 19.2 Å². The molecule has 0 radical (unpaired) electrons. The number of nitrogens with zero attached hydrogens (tertiary/aromatic N) is 3. The number of carbonyl (C=O) groups is 2. The highest BCUT2D eigenvalue weighted by atomic mass is 32.2. The molecule has 2 amide bonds. The summed E-state index contributed by atoms with van der Waals surface area (Å²) < 4.78 is 42.2. The Morgan fingerprint density at radius 1 is 1.36 bits per heavy atom. The zero-order chi connectivity index (χ0) is 20.3. The van der Waals surface area contributed by atoms with E-state index in [9.17, 15) is 22.4 Å². The zero-order valence-corrected chi connectivity index (χ0v) is 16.3. The van der Waals surface area contributed by atoms with Crippen molar-refractivity contribution < 1.29 is 27.1 Å². The number of hydrogen-bond donors (Lipinski definition) is 0. The minimum absolute atomic E-state index is 0.0214. The normalized spacial score (nSPS) is 21.4. The summed E-state index contributed by atoms with van der Waals surface area (Å²) in [6.45, 7) is 0.303. The van der Waals surface area contributed by atoms with Gasteiger partial charge in [-0.2, -0.15) is 5.10 Å². The average Bonchev–Trinajstić information content (AvgIpc) is 3.02. The van der Waals surface area contributed by atoms with Crippen molar-refractivity contribution in [2.45, 2.75) is 25.3 Å². The van der Waals surface area contributed by atoms with Crippen LogP contribution in [0.4, 0.5) is 4.39 Å². The maximum Gasteiger partial charge on any atom is 0.269 e. The Hall–Kier alpha value is -2.49. The number of para-hydroxylation sites is 1. The Labute approximate surface area is 162 Å². The summed E-state index contributed by atoms with van der Waals surface area (Å²) in [4.78, 5) is 26.1. The van der Waals surface area contributed by atoms with Crippen molar-refractivity contribution in [3.8, 4) is 5.75 Å². The van der Waals surface area contributed by atoms with Gasteiger partial charge in [-0.3, -0.25) is 9.59 Å². The molecule has 1 aromatic rings. The molecule has 0 saturated carbocycles. The van der Waals surface area contributed by atoms with E-state index in [4.69, 9.17) is 4.74 Å². The predicted octanol–water partition coefficient (Wildman–Crippen LogP) is 0.828. The van der Waals surface area contributed by atoms with Gasteiger partial charge < -0.3 is 9.64 Å². The highest BCUT2D eigenvalue weighted by molar-refractivity contribution is 7.91. The van der Waals surface area contributed by atoms with Gasteiger partial charge in [0.25, 0.3) is 5.91 Å². The number of amides is 2. The van der Waals surface area contributed by atoms with Gasteiger partial charge in [-0.25, -0.2) is 17.8 Å². The summed E-state index contributed by atoms with van der Waals surface area (Å²) in [7, 11) is -1.60. The summed E-state index contributed by atoms with van der Waals surface area (Å²) in [5.41, 5.74) is 0.206. The molecule has 1 fully saturated rings. The van der Waals surface area contributed by atoms with Crippen LogP contribution in [-0.4, -0.2) is 73.6 Å². The lowest BCUT2D eigenvalue weighted by molar-refractivity contribution is -0.134. The lowest BCUT2D eigenvalue weighted by Gasteiger charge is -2.28. The molecule has 8 nitrogen and oxygen atoms in total. The molecule has 1 saturated heterocycles. The van der Waals surface area contributed by atoms with Crippen molar-refractivity contribution in [2.24, 2.45) is 5.10 Å². The van der Waals surface area contributed by atoms with Crippen molar-refractivity contribution >= 4 is 27.4 Å². The van der Waals surface area contributed by atoms with Crippen LogP contribution in [0.5, 0.6) is 5.75 Å². The lowest BCUT2D eigenvalue weighted by atomic mass is 10.1. The number of sulfone groups is 1. The highest BCUT2D eigenvalue weighted by Gasteiger charge is 2.37. The molecule has 2 aliphatic rings. The Bertz CT molecular complexity index is 902. The fourth-order valence-electron chi connectivity index (χ4n) is 3.16. The first-order valence-electron chi connectivity index (χ1n) is 8.99. The van der Waals surface area contributed by atoms with Crippen LogP contribution >= 0.6 is 0 Å². The molecule has 152 valence electrons. The molecule has 2 heterocycles. The van der Waals surface area contributed by atoms with Crippen LogP contribution in [0.15, 0.2) is 29.4 Å². The van der Waals surface area contributed by atoms with Crippen LogP contribution in [-0.2, 0) is 19.4 Å². The van der Waals surface area contributed by atoms with Crippen LogP contribution in [0.3, 0.4) is 0 Å². The van der Waals surface area contributed by atoms with Crippen molar-refractivity contribution in [3.63, 3.8) is 0 Å². The maximum atomic E-state index is 13.5. The van der Waals surface area contributed by atoms with Gasteiger partial charge in [0.2, 0.25) is 5.91 Å². The molecule has 28 heavy (non-hydrogen) atoms. The Balaban J connectivity index is 1.60. The topological polar surface area (TPSA) is 96.3 Å². The van der Waals surface area contributed by atoms with E-state index >= 15 is 0 Å². The predicted molar refractivity (Wildman–Crippen MR) is 100 cm³/mol. The molecule has 0 spiro atoms. The largest absolute Gasteiger partial charge is 0.489 e. The molecule has 0 N–H and O–H groups in total. The second kappa shape index (κ2) is 8.26. The molecule has 0 bridgehead atoms. The van der Waals surface area contributed by atoms with Crippen LogP contribution < -0.4 is 4.74 Å². The van der Waals surface area contributed by atoms with E-state index in [0.29, 0.717) is 6.42 Å². The van der Waals surface area contributed by atoms with Gasteiger partial charge in [0.1, 0.15) is 12.3 Å². The second-order valence-electron chi connectivity index (χ2n) is 6.85. The Morgan fingerprint density at radius 3 is 2.79 bits per heavy atom. The third-order valence-electron chi connectivity index (χ3n) is 4.73. The number of hydrazone groups is 1. The van der Waals surface area contributed by atoms with Crippen LogP contribution in [0, 0.1) is 5.82 Å². The quantitative estimate of drug-likeness (QED) is 0.691. The molecule has 0 aromatic heterocycles. The zero-order valence-electron chi connectivity index (χ0n) is 15.5. The summed E-state index contributed by atoms with van der Waals surface area (Å²) in [5, 5.41) is 5.31. The minimum atomic E-state index is -3.17. The third-order valence-corrected chi connectivity index (χ3v) is 6.48. The lowest BCUT2D eigenvalue weighted by Crippen LogP contribution is -2.44. The molecule has 1 atom stereocenters. The number of likely N-dealkylation sites (N-methyl/N-ethyl adjacent to an activating group) is 1. The molecule has 1 aromatic carbocycles. The summed E-state index contributed by atoms with van der Waals surface area (Å²) in [5.74, 6) is -1.12. The van der Waals surface area contributed by atoms with Gasteiger partial charge in [-0.15, -0.1) is 0 Å². The number of hydrogen-bond acceptors (Lipinski definition) is 6. The van der Waals surface area contributed by atoms with Crippen LogP contribution in [0.25, 0.3) is 0 Å². The third kappa shape index (κ3) is 4.67. The highest BCUT2D eigenvalue weighted by Crippen LogP contribution is 2.22. The van der Waals surface area contributed by atoms with Crippen molar-refractivity contribution in [3.05, 3.63) is 30.1 Å². The van der Waals surface area contributed by atoms with Gasteiger partial charge >= 0.3 is 0 Å². The number of ether oxygens (including phenoxy) is 1. The van der Waals surface area contributed by atoms with E-state index in [2.05, 4.69) is 5.10 Å². The Kier molecular flexibility index (Phi) is 5.97. The summed E-state index contributed by atoms with van der Waals surface area (Å²) in [6.07, 6.45) is 0.637. The van der Waals surface area contributed by atoms with Gasteiger partial charge in [0.15, 0.2) is 21.4 Å². The van der Waals surface area contributed by atoms with E-state index in [1.165, 1.54) is 17.0 Å². The number of halogens is 1. The van der Waals surface area contributed by atoms with Crippen LogP contribution in [0.2, 0.25) is 0 Å². The Morgan fingerprint density at radius 2 is 2.11 bits per heavy atom. The van der Waals surface area contributed by atoms with E-state index in [1.807, 2.05) is 0 Å².